The van der Waals surface area contributed by atoms with Crippen LogP contribution in [0, 0.1) is 33.3 Å². The number of benzene rings is 1. The number of carbonyl (C=O) groups excluding carboxylic acids is 2. The van der Waals surface area contributed by atoms with Crippen molar-refractivity contribution < 1.29 is 22.9 Å². The molecule has 1 aromatic carbocycles. The van der Waals surface area contributed by atoms with Crippen LogP contribution in [0.5, 0.6) is 0 Å². The van der Waals surface area contributed by atoms with Gasteiger partial charge in [0.1, 0.15) is 0 Å². The van der Waals surface area contributed by atoms with Crippen molar-refractivity contribution in [3.05, 3.63) is 34.4 Å². The third kappa shape index (κ3) is 5.70. The van der Waals surface area contributed by atoms with Crippen LogP contribution < -0.4 is 15.4 Å². The first-order valence-corrected chi connectivity index (χ1v) is 12.9. The molecule has 11 heteroatoms. The molecule has 0 aliphatic heterocycles. The standard InChI is InChI=1S/C22H30N4O6S/c27-20(13-22-10-15-6-16(11-22)8-17(7-15)12-22)24-14-21(28)23-4-5-25-33(31,32)19-3-1-2-18(9-19)26(29)30/h1-3,9,15-17,25H,4-8,10-14H2,(H,23,28)(H,24,27). The number of sulfonamides is 1. The van der Waals surface area contributed by atoms with Gasteiger partial charge >= 0.3 is 0 Å². The molecule has 0 aromatic heterocycles. The molecule has 0 saturated heterocycles. The molecule has 5 rings (SSSR count). The summed E-state index contributed by atoms with van der Waals surface area (Å²) in [6.45, 7) is -0.210. The highest BCUT2D eigenvalue weighted by atomic mass is 32.2. The third-order valence-electron chi connectivity index (χ3n) is 7.22. The van der Waals surface area contributed by atoms with Gasteiger partial charge in [0, 0.05) is 31.6 Å². The number of hydrogen-bond donors (Lipinski definition) is 3. The molecule has 0 heterocycles. The largest absolute Gasteiger partial charge is 0.353 e. The van der Waals surface area contributed by atoms with E-state index in [4.69, 9.17) is 0 Å². The van der Waals surface area contributed by atoms with Crippen LogP contribution in [0.3, 0.4) is 0 Å². The summed E-state index contributed by atoms with van der Waals surface area (Å²) in [5.74, 6) is 1.79. The van der Waals surface area contributed by atoms with Crippen molar-refractivity contribution >= 4 is 27.5 Å². The Hall–Kier alpha value is -2.53. The summed E-state index contributed by atoms with van der Waals surface area (Å²) in [5, 5.41) is 16.1. The lowest BCUT2D eigenvalue weighted by atomic mass is 9.49. The van der Waals surface area contributed by atoms with Gasteiger partial charge in [0.15, 0.2) is 0 Å². The second kappa shape index (κ2) is 9.38. The van der Waals surface area contributed by atoms with E-state index in [2.05, 4.69) is 15.4 Å². The Labute approximate surface area is 193 Å². The summed E-state index contributed by atoms with van der Waals surface area (Å²) in [7, 11) is -3.94. The van der Waals surface area contributed by atoms with Crippen LogP contribution in [0.15, 0.2) is 29.2 Å². The molecule has 0 spiro atoms. The van der Waals surface area contributed by atoms with E-state index in [0.717, 1.165) is 43.1 Å². The molecule has 4 fully saturated rings. The molecule has 10 nitrogen and oxygen atoms in total. The molecular formula is C22H30N4O6S. The summed E-state index contributed by atoms with van der Waals surface area (Å²) in [6.07, 6.45) is 7.80. The second-order valence-corrected chi connectivity index (χ2v) is 11.6. The zero-order valence-electron chi connectivity index (χ0n) is 18.4. The van der Waals surface area contributed by atoms with Gasteiger partial charge in [0.05, 0.1) is 16.4 Å². The van der Waals surface area contributed by atoms with Gasteiger partial charge in [-0.15, -0.1) is 0 Å². The Morgan fingerprint density at radius 3 is 2.24 bits per heavy atom. The molecule has 0 unspecified atom stereocenters. The minimum absolute atomic E-state index is 0.0256. The summed E-state index contributed by atoms with van der Waals surface area (Å²) in [6, 6.07) is 4.73. The number of hydrogen-bond acceptors (Lipinski definition) is 6. The lowest BCUT2D eigenvalue weighted by molar-refractivity contribution is -0.385. The summed E-state index contributed by atoms with van der Waals surface area (Å²) >= 11 is 0. The van der Waals surface area contributed by atoms with Crippen molar-refractivity contribution in [2.24, 2.45) is 23.2 Å². The summed E-state index contributed by atoms with van der Waals surface area (Å²) in [5.41, 5.74) is -0.212. The Balaban J connectivity index is 1.16. The van der Waals surface area contributed by atoms with E-state index >= 15 is 0 Å². The molecule has 0 atom stereocenters. The molecule has 1 aromatic rings. The van der Waals surface area contributed by atoms with Gasteiger partial charge in [-0.05, 0) is 67.8 Å². The van der Waals surface area contributed by atoms with E-state index in [9.17, 15) is 28.1 Å². The highest BCUT2D eigenvalue weighted by Gasteiger charge is 2.51. The van der Waals surface area contributed by atoms with Gasteiger partial charge in [-0.3, -0.25) is 19.7 Å². The number of nitrogens with one attached hydrogen (secondary N) is 3. The number of carbonyl (C=O) groups is 2. The van der Waals surface area contributed by atoms with E-state index < -0.39 is 20.9 Å². The Bertz CT molecular complexity index is 1010. The smallest absolute Gasteiger partial charge is 0.270 e. The predicted molar refractivity (Wildman–Crippen MR) is 120 cm³/mol. The monoisotopic (exact) mass is 478 g/mol. The molecule has 4 saturated carbocycles. The molecule has 33 heavy (non-hydrogen) atoms. The van der Waals surface area contributed by atoms with Gasteiger partial charge < -0.3 is 10.6 Å². The van der Waals surface area contributed by atoms with Gasteiger partial charge in [-0.25, -0.2) is 13.1 Å². The molecule has 0 radical (unpaired) electrons. The van der Waals surface area contributed by atoms with Crippen molar-refractivity contribution in [3.63, 3.8) is 0 Å². The molecule has 2 amide bonds. The summed E-state index contributed by atoms with van der Waals surface area (Å²) in [4.78, 5) is 34.5. The zero-order chi connectivity index (χ0) is 23.6. The van der Waals surface area contributed by atoms with Crippen molar-refractivity contribution in [2.75, 3.05) is 19.6 Å². The van der Waals surface area contributed by atoms with Gasteiger partial charge in [0.2, 0.25) is 21.8 Å². The third-order valence-corrected chi connectivity index (χ3v) is 8.68. The summed E-state index contributed by atoms with van der Waals surface area (Å²) < 4.78 is 26.8. The molecule has 4 aliphatic rings. The zero-order valence-corrected chi connectivity index (χ0v) is 19.2. The molecule has 4 bridgehead atoms. The van der Waals surface area contributed by atoms with Crippen molar-refractivity contribution in [1.29, 1.82) is 0 Å². The number of rotatable bonds is 10. The first-order valence-electron chi connectivity index (χ1n) is 11.4. The van der Waals surface area contributed by atoms with E-state index in [1.165, 1.54) is 37.5 Å². The molecule has 4 aliphatic carbocycles. The Morgan fingerprint density at radius 2 is 1.64 bits per heavy atom. The molecule has 180 valence electrons. The SMILES string of the molecule is O=C(CNC(=O)CC12CC3CC(CC(C3)C1)C2)NCCNS(=O)(=O)c1cccc([N+](=O)[O-])c1. The average Bonchev–Trinajstić information content (AvgIpc) is 2.74. The van der Waals surface area contributed by atoms with Crippen LogP contribution in [-0.2, 0) is 19.6 Å². The number of nitro groups is 1. The van der Waals surface area contributed by atoms with Crippen molar-refractivity contribution in [3.8, 4) is 0 Å². The number of non-ortho nitro benzene ring substituents is 1. The van der Waals surface area contributed by atoms with Crippen molar-refractivity contribution in [2.45, 2.75) is 49.8 Å². The number of nitro benzene ring substituents is 1. The normalized spacial score (nSPS) is 27.8. The highest BCUT2D eigenvalue weighted by molar-refractivity contribution is 7.89. The minimum Gasteiger partial charge on any atom is -0.353 e. The lowest BCUT2D eigenvalue weighted by Gasteiger charge is -2.56. The highest BCUT2D eigenvalue weighted by Crippen LogP contribution is 2.61. The van der Waals surface area contributed by atoms with E-state index in [-0.39, 0.29) is 41.5 Å². The fourth-order valence-electron chi connectivity index (χ4n) is 6.39. The maximum absolute atomic E-state index is 12.5. The second-order valence-electron chi connectivity index (χ2n) is 9.87. The van der Waals surface area contributed by atoms with E-state index in [1.807, 2.05) is 0 Å². The predicted octanol–water partition coefficient (Wildman–Crippen LogP) is 1.71. The number of amides is 2. The van der Waals surface area contributed by atoms with Crippen LogP contribution in [-0.4, -0.2) is 44.8 Å². The topological polar surface area (TPSA) is 148 Å². The van der Waals surface area contributed by atoms with Gasteiger partial charge in [0.25, 0.3) is 5.69 Å². The van der Waals surface area contributed by atoms with E-state index in [1.54, 1.807) is 0 Å². The first-order chi connectivity index (χ1) is 15.6. The average molecular weight is 479 g/mol. The van der Waals surface area contributed by atoms with Crippen LogP contribution in [0.2, 0.25) is 0 Å². The molecule has 3 N–H and O–H groups in total. The fourth-order valence-corrected chi connectivity index (χ4v) is 7.46. The fraction of sp³-hybridized carbons (Fsp3) is 0.636. The van der Waals surface area contributed by atoms with Gasteiger partial charge in [-0.1, -0.05) is 6.07 Å². The maximum atomic E-state index is 12.5. The van der Waals surface area contributed by atoms with Crippen LogP contribution in [0.1, 0.15) is 44.9 Å². The maximum Gasteiger partial charge on any atom is 0.270 e. The van der Waals surface area contributed by atoms with Crippen LogP contribution in [0.25, 0.3) is 0 Å². The van der Waals surface area contributed by atoms with E-state index in [0.29, 0.717) is 6.42 Å². The molecular weight excluding hydrogens is 448 g/mol. The number of nitrogens with zero attached hydrogens (tertiary/aromatic N) is 1. The first kappa shape index (κ1) is 23.6. The van der Waals surface area contributed by atoms with Crippen molar-refractivity contribution in [1.82, 2.24) is 15.4 Å². The van der Waals surface area contributed by atoms with Crippen LogP contribution in [0.4, 0.5) is 5.69 Å². The van der Waals surface area contributed by atoms with Crippen LogP contribution >= 0.6 is 0 Å². The Kier molecular flexibility index (Phi) is 6.71. The Morgan fingerprint density at radius 1 is 1.00 bits per heavy atom. The minimum atomic E-state index is -3.94. The quantitative estimate of drug-likeness (QED) is 0.265. The lowest BCUT2D eigenvalue weighted by Crippen LogP contribution is -2.48. The van der Waals surface area contributed by atoms with Gasteiger partial charge in [-0.2, -0.15) is 0 Å².